The van der Waals surface area contributed by atoms with E-state index < -0.39 is 28.9 Å². The number of thiophene rings is 1. The number of hydrogen-bond acceptors (Lipinski definition) is 4. The molecule has 0 radical (unpaired) electrons. The van der Waals surface area contributed by atoms with E-state index in [2.05, 4.69) is 6.58 Å². The molecular formula is C25H25F3O3S. The zero-order valence-electron chi connectivity index (χ0n) is 18.4. The van der Waals surface area contributed by atoms with E-state index in [0.717, 1.165) is 22.2 Å². The van der Waals surface area contributed by atoms with Gasteiger partial charge in [-0.3, -0.25) is 0 Å². The zero-order valence-corrected chi connectivity index (χ0v) is 19.2. The van der Waals surface area contributed by atoms with Crippen LogP contribution in [-0.4, -0.2) is 17.2 Å². The molecule has 1 heterocycles. The van der Waals surface area contributed by atoms with Gasteiger partial charge in [0.1, 0.15) is 17.0 Å². The Kier molecular flexibility index (Phi) is 6.43. The molecular weight excluding hydrogens is 437 g/mol. The topological polar surface area (TPSA) is 35.5 Å². The number of rotatable bonds is 7. The highest BCUT2D eigenvalue weighted by Crippen LogP contribution is 2.43. The maximum Gasteiger partial charge on any atom is 0.417 e. The van der Waals surface area contributed by atoms with Gasteiger partial charge in [0.25, 0.3) is 0 Å². The molecule has 0 bridgehead atoms. The summed E-state index contributed by atoms with van der Waals surface area (Å²) < 4.78 is 54.0. The predicted octanol–water partition coefficient (Wildman–Crippen LogP) is 7.64. The first-order valence-corrected chi connectivity index (χ1v) is 10.9. The molecule has 3 rings (SSSR count). The molecule has 7 heteroatoms. The lowest BCUT2D eigenvalue weighted by molar-refractivity contribution is -0.154. The molecule has 0 aliphatic heterocycles. The number of benzene rings is 2. The van der Waals surface area contributed by atoms with E-state index in [1.54, 1.807) is 39.8 Å². The monoisotopic (exact) mass is 462 g/mol. The molecule has 0 saturated carbocycles. The normalized spacial score (nSPS) is 12.6. The molecule has 3 aromatic rings. The van der Waals surface area contributed by atoms with Crippen molar-refractivity contribution < 1.29 is 27.4 Å². The van der Waals surface area contributed by atoms with Gasteiger partial charge in [-0.05, 0) is 63.4 Å². The van der Waals surface area contributed by atoms with E-state index >= 15 is 0 Å². The molecule has 3 nitrogen and oxygen atoms in total. The second-order valence-corrected chi connectivity index (χ2v) is 9.86. The van der Waals surface area contributed by atoms with E-state index in [1.165, 1.54) is 17.4 Å². The Hall–Kier alpha value is -2.80. The summed E-state index contributed by atoms with van der Waals surface area (Å²) in [7, 11) is 0. The Morgan fingerprint density at radius 3 is 2.34 bits per heavy atom. The minimum Gasteiger partial charge on any atom is -0.488 e. The molecule has 170 valence electrons. The van der Waals surface area contributed by atoms with Crippen molar-refractivity contribution in [2.75, 3.05) is 0 Å². The van der Waals surface area contributed by atoms with Crippen molar-refractivity contribution in [2.24, 2.45) is 0 Å². The summed E-state index contributed by atoms with van der Waals surface area (Å²) in [6.45, 7) is 10.3. The van der Waals surface area contributed by atoms with Crippen molar-refractivity contribution in [3.8, 4) is 16.2 Å². The first-order valence-electron chi connectivity index (χ1n) is 10.0. The van der Waals surface area contributed by atoms with Gasteiger partial charge in [-0.1, -0.05) is 24.8 Å². The minimum atomic E-state index is -4.55. The third-order valence-electron chi connectivity index (χ3n) is 4.78. The van der Waals surface area contributed by atoms with E-state index in [1.807, 2.05) is 24.3 Å². The second kappa shape index (κ2) is 8.62. The number of alkyl halides is 3. The van der Waals surface area contributed by atoms with Crippen molar-refractivity contribution >= 4 is 27.4 Å². The Bertz CT molecular complexity index is 1110. The van der Waals surface area contributed by atoms with Crippen molar-refractivity contribution in [3.05, 3.63) is 66.7 Å². The Morgan fingerprint density at radius 2 is 1.72 bits per heavy atom. The average Bonchev–Trinajstić information content (AvgIpc) is 3.09. The molecule has 0 aliphatic carbocycles. The summed E-state index contributed by atoms with van der Waals surface area (Å²) >= 11 is 1.32. The van der Waals surface area contributed by atoms with Crippen LogP contribution in [0, 0.1) is 0 Å². The van der Waals surface area contributed by atoms with Crippen LogP contribution in [0.5, 0.6) is 5.75 Å². The molecule has 0 fully saturated rings. The van der Waals surface area contributed by atoms with Crippen LogP contribution < -0.4 is 4.74 Å². The summed E-state index contributed by atoms with van der Waals surface area (Å²) in [5, 5.41) is 0.901. The molecule has 2 aromatic carbocycles. The van der Waals surface area contributed by atoms with Crippen LogP contribution in [0.3, 0.4) is 0 Å². The third-order valence-corrected chi connectivity index (χ3v) is 5.93. The standard InChI is InChI=1S/C25H25F3O3S/c1-6-22(29)31-24(4,5)15-23(2,3)30-17-11-12-18(19(14-17)25(26,27)28)21-13-16-9-7-8-10-20(16)32-21/h6-14H,1,15H2,2-5H3. The first-order chi connectivity index (χ1) is 14.8. The molecule has 0 amide bonds. The van der Waals surface area contributed by atoms with E-state index in [9.17, 15) is 18.0 Å². The number of hydrogen-bond donors (Lipinski definition) is 0. The van der Waals surface area contributed by atoms with Gasteiger partial charge in [0.15, 0.2) is 0 Å². The van der Waals surface area contributed by atoms with Crippen molar-refractivity contribution in [2.45, 2.75) is 51.5 Å². The van der Waals surface area contributed by atoms with Crippen LogP contribution in [0.15, 0.2) is 61.2 Å². The van der Waals surface area contributed by atoms with Gasteiger partial charge in [-0.2, -0.15) is 13.2 Å². The summed E-state index contributed by atoms with van der Waals surface area (Å²) in [4.78, 5) is 12.1. The molecule has 0 aliphatic rings. The summed E-state index contributed by atoms with van der Waals surface area (Å²) in [6.07, 6.45) is -3.22. The first kappa shape index (κ1) is 23.9. The van der Waals surface area contributed by atoms with Crippen LogP contribution in [0.2, 0.25) is 0 Å². The summed E-state index contributed by atoms with van der Waals surface area (Å²) in [6, 6.07) is 13.3. The van der Waals surface area contributed by atoms with Crippen LogP contribution in [-0.2, 0) is 15.7 Å². The fraction of sp³-hybridized carbons (Fsp3) is 0.320. The largest absolute Gasteiger partial charge is 0.488 e. The average molecular weight is 463 g/mol. The van der Waals surface area contributed by atoms with Crippen LogP contribution >= 0.6 is 11.3 Å². The fourth-order valence-corrected chi connectivity index (χ4v) is 4.98. The lowest BCUT2D eigenvalue weighted by Gasteiger charge is -2.35. The van der Waals surface area contributed by atoms with Gasteiger partial charge in [0.2, 0.25) is 0 Å². The highest BCUT2D eigenvalue weighted by molar-refractivity contribution is 7.22. The number of carbonyl (C=O) groups is 1. The van der Waals surface area contributed by atoms with Gasteiger partial charge < -0.3 is 9.47 Å². The maximum absolute atomic E-state index is 13.9. The number of ether oxygens (including phenoxy) is 2. The third kappa shape index (κ3) is 5.71. The highest BCUT2D eigenvalue weighted by Gasteiger charge is 2.36. The maximum atomic E-state index is 13.9. The molecule has 0 N–H and O–H groups in total. The molecule has 0 atom stereocenters. The fourth-order valence-electron chi connectivity index (χ4n) is 3.88. The quantitative estimate of drug-likeness (QED) is 0.267. The zero-order chi connectivity index (χ0) is 23.7. The number of fused-ring (bicyclic) bond motifs is 1. The molecule has 32 heavy (non-hydrogen) atoms. The minimum absolute atomic E-state index is 0.0954. The Morgan fingerprint density at radius 1 is 1.03 bits per heavy atom. The molecule has 0 saturated heterocycles. The molecule has 0 spiro atoms. The smallest absolute Gasteiger partial charge is 0.417 e. The SMILES string of the molecule is C=CC(=O)OC(C)(C)CC(C)(C)Oc1ccc(-c2cc3ccccc3s2)c(C(F)(F)F)c1. The lowest BCUT2D eigenvalue weighted by Crippen LogP contribution is -2.40. The van der Waals surface area contributed by atoms with Crippen molar-refractivity contribution in [1.29, 1.82) is 0 Å². The molecule has 0 unspecified atom stereocenters. The van der Waals surface area contributed by atoms with Gasteiger partial charge >= 0.3 is 12.1 Å². The van der Waals surface area contributed by atoms with Gasteiger partial charge in [-0.25, -0.2) is 4.79 Å². The van der Waals surface area contributed by atoms with Crippen molar-refractivity contribution in [3.63, 3.8) is 0 Å². The van der Waals surface area contributed by atoms with Gasteiger partial charge in [0, 0.05) is 27.6 Å². The van der Waals surface area contributed by atoms with Crippen molar-refractivity contribution in [1.82, 2.24) is 0 Å². The lowest BCUT2D eigenvalue weighted by atomic mass is 9.92. The summed E-state index contributed by atoms with van der Waals surface area (Å²) in [5.41, 5.74) is -2.43. The number of carbonyl (C=O) groups excluding carboxylic acids is 1. The number of halogens is 3. The number of esters is 1. The van der Waals surface area contributed by atoms with Gasteiger partial charge in [0.05, 0.1) is 5.56 Å². The predicted molar refractivity (Wildman–Crippen MR) is 122 cm³/mol. The Labute approximate surface area is 189 Å². The van der Waals surface area contributed by atoms with Crippen LogP contribution in [0.4, 0.5) is 13.2 Å². The van der Waals surface area contributed by atoms with E-state index in [0.29, 0.717) is 4.88 Å². The summed E-state index contributed by atoms with van der Waals surface area (Å²) in [5.74, 6) is -0.476. The van der Waals surface area contributed by atoms with Crippen LogP contribution in [0.25, 0.3) is 20.5 Å². The van der Waals surface area contributed by atoms with E-state index in [-0.39, 0.29) is 17.7 Å². The van der Waals surface area contributed by atoms with Crippen LogP contribution in [0.1, 0.15) is 39.7 Å². The van der Waals surface area contributed by atoms with Gasteiger partial charge in [-0.15, -0.1) is 11.3 Å². The highest BCUT2D eigenvalue weighted by atomic mass is 32.1. The second-order valence-electron chi connectivity index (χ2n) is 8.78. The Balaban J connectivity index is 1.91. The molecule has 1 aromatic heterocycles. The van der Waals surface area contributed by atoms with E-state index in [4.69, 9.17) is 9.47 Å².